The first kappa shape index (κ1) is 15.0. The second-order valence-corrected chi connectivity index (χ2v) is 5.62. The van der Waals surface area contributed by atoms with E-state index in [-0.39, 0.29) is 6.04 Å². The minimum atomic E-state index is 0.186. The molecule has 2 aromatic carbocycles. The molecule has 2 rings (SSSR count). The first-order valence-corrected chi connectivity index (χ1v) is 7.46. The van der Waals surface area contributed by atoms with Crippen molar-refractivity contribution in [1.82, 2.24) is 0 Å². The Morgan fingerprint density at radius 3 is 2.35 bits per heavy atom. The lowest BCUT2D eigenvalue weighted by atomic mass is 10.1. The summed E-state index contributed by atoms with van der Waals surface area (Å²) in [5, 5.41) is 3.51. The van der Waals surface area contributed by atoms with Crippen molar-refractivity contribution in [2.45, 2.75) is 13.0 Å². The summed E-state index contributed by atoms with van der Waals surface area (Å²) in [6.45, 7) is 2.13. The third kappa shape index (κ3) is 3.36. The summed E-state index contributed by atoms with van der Waals surface area (Å²) in [6.07, 6.45) is 0. The third-order valence-corrected chi connectivity index (χ3v) is 4.09. The lowest BCUT2D eigenvalue weighted by Crippen LogP contribution is -2.08. The van der Waals surface area contributed by atoms with Crippen LogP contribution in [0, 0.1) is 3.57 Å². The van der Waals surface area contributed by atoms with Gasteiger partial charge < -0.3 is 14.8 Å². The monoisotopic (exact) mass is 383 g/mol. The number of benzene rings is 2. The number of para-hydroxylation sites is 1. The average molecular weight is 383 g/mol. The molecule has 0 amide bonds. The third-order valence-electron chi connectivity index (χ3n) is 3.15. The topological polar surface area (TPSA) is 30.5 Å². The van der Waals surface area contributed by atoms with Crippen molar-refractivity contribution in [3.05, 3.63) is 51.6 Å². The molecule has 0 aliphatic rings. The first-order chi connectivity index (χ1) is 9.65. The standard InChI is InChI=1S/C16H18INO2/c1-11(18-14-7-5-4-6-13(14)17)12-8-9-15(19-2)16(10-12)20-3/h4-11,18H,1-3H3. The van der Waals surface area contributed by atoms with E-state index >= 15 is 0 Å². The van der Waals surface area contributed by atoms with Gasteiger partial charge in [-0.2, -0.15) is 0 Å². The Balaban J connectivity index is 2.21. The quantitative estimate of drug-likeness (QED) is 0.773. The lowest BCUT2D eigenvalue weighted by molar-refractivity contribution is 0.354. The minimum Gasteiger partial charge on any atom is -0.493 e. The minimum absolute atomic E-state index is 0.186. The van der Waals surface area contributed by atoms with Gasteiger partial charge in [-0.15, -0.1) is 0 Å². The zero-order valence-corrected chi connectivity index (χ0v) is 14.0. The van der Waals surface area contributed by atoms with Crippen LogP contribution in [0.3, 0.4) is 0 Å². The molecule has 0 bridgehead atoms. The van der Waals surface area contributed by atoms with Crippen molar-refractivity contribution in [2.75, 3.05) is 19.5 Å². The van der Waals surface area contributed by atoms with Gasteiger partial charge in [-0.3, -0.25) is 0 Å². The number of halogens is 1. The number of methoxy groups -OCH3 is 2. The second kappa shape index (κ2) is 6.83. The highest BCUT2D eigenvalue weighted by molar-refractivity contribution is 14.1. The van der Waals surface area contributed by atoms with E-state index < -0.39 is 0 Å². The van der Waals surface area contributed by atoms with Crippen LogP contribution >= 0.6 is 22.6 Å². The number of ether oxygens (including phenoxy) is 2. The Morgan fingerprint density at radius 1 is 1.00 bits per heavy atom. The van der Waals surface area contributed by atoms with Gasteiger partial charge in [-0.05, 0) is 59.3 Å². The van der Waals surface area contributed by atoms with Gasteiger partial charge >= 0.3 is 0 Å². The van der Waals surface area contributed by atoms with Gasteiger partial charge in [0.2, 0.25) is 0 Å². The molecule has 4 heteroatoms. The second-order valence-electron chi connectivity index (χ2n) is 4.46. The van der Waals surface area contributed by atoms with E-state index in [2.05, 4.69) is 53.0 Å². The Bertz CT molecular complexity index is 586. The molecule has 1 N–H and O–H groups in total. The summed E-state index contributed by atoms with van der Waals surface area (Å²) in [4.78, 5) is 0. The van der Waals surface area contributed by atoms with Gasteiger partial charge in [0.15, 0.2) is 11.5 Å². The largest absolute Gasteiger partial charge is 0.493 e. The Labute approximate surface area is 133 Å². The molecule has 0 fully saturated rings. The molecular weight excluding hydrogens is 365 g/mol. The van der Waals surface area contributed by atoms with E-state index in [1.54, 1.807) is 14.2 Å². The van der Waals surface area contributed by atoms with E-state index in [0.717, 1.165) is 22.7 Å². The maximum absolute atomic E-state index is 5.35. The average Bonchev–Trinajstić information content (AvgIpc) is 2.48. The van der Waals surface area contributed by atoms with Gasteiger partial charge in [-0.1, -0.05) is 18.2 Å². The van der Waals surface area contributed by atoms with E-state index in [9.17, 15) is 0 Å². The highest BCUT2D eigenvalue weighted by Crippen LogP contribution is 2.31. The summed E-state index contributed by atoms with van der Waals surface area (Å²) in [6, 6.07) is 14.4. The fourth-order valence-corrected chi connectivity index (χ4v) is 2.56. The normalized spacial score (nSPS) is 11.8. The summed E-state index contributed by atoms with van der Waals surface area (Å²) >= 11 is 2.33. The number of anilines is 1. The molecule has 106 valence electrons. The summed E-state index contributed by atoms with van der Waals surface area (Å²) in [5.41, 5.74) is 2.29. The predicted molar refractivity (Wildman–Crippen MR) is 90.7 cm³/mol. The van der Waals surface area contributed by atoms with Crippen molar-refractivity contribution < 1.29 is 9.47 Å². The maximum atomic E-state index is 5.35. The molecule has 0 radical (unpaired) electrons. The van der Waals surface area contributed by atoms with Gasteiger partial charge in [0.25, 0.3) is 0 Å². The van der Waals surface area contributed by atoms with Gasteiger partial charge in [0.05, 0.1) is 14.2 Å². The molecule has 1 unspecified atom stereocenters. The van der Waals surface area contributed by atoms with Crippen LogP contribution < -0.4 is 14.8 Å². The number of hydrogen-bond acceptors (Lipinski definition) is 3. The smallest absolute Gasteiger partial charge is 0.161 e. The van der Waals surface area contributed by atoms with Crippen molar-refractivity contribution in [3.63, 3.8) is 0 Å². The van der Waals surface area contributed by atoms with Gasteiger partial charge in [0.1, 0.15) is 0 Å². The maximum Gasteiger partial charge on any atom is 0.161 e. The van der Waals surface area contributed by atoms with Crippen molar-refractivity contribution in [3.8, 4) is 11.5 Å². The zero-order valence-electron chi connectivity index (χ0n) is 11.8. The molecule has 0 aliphatic carbocycles. The molecule has 2 aromatic rings. The van der Waals surface area contributed by atoms with Crippen molar-refractivity contribution in [2.24, 2.45) is 0 Å². The van der Waals surface area contributed by atoms with Crippen LogP contribution in [0.1, 0.15) is 18.5 Å². The van der Waals surface area contributed by atoms with E-state index in [1.165, 1.54) is 3.57 Å². The molecular formula is C16H18INO2. The fraction of sp³-hybridized carbons (Fsp3) is 0.250. The molecule has 0 aromatic heterocycles. The van der Waals surface area contributed by atoms with Gasteiger partial charge in [-0.25, -0.2) is 0 Å². The van der Waals surface area contributed by atoms with E-state index in [0.29, 0.717) is 0 Å². The lowest BCUT2D eigenvalue weighted by Gasteiger charge is -2.18. The number of hydrogen-bond donors (Lipinski definition) is 1. The molecule has 20 heavy (non-hydrogen) atoms. The van der Waals surface area contributed by atoms with Gasteiger partial charge in [0, 0.05) is 15.3 Å². The van der Waals surface area contributed by atoms with Crippen LogP contribution in [-0.2, 0) is 0 Å². The first-order valence-electron chi connectivity index (χ1n) is 6.38. The van der Waals surface area contributed by atoms with E-state index in [1.807, 2.05) is 24.3 Å². The number of nitrogens with one attached hydrogen (secondary N) is 1. The van der Waals surface area contributed by atoms with Crippen LogP contribution in [0.25, 0.3) is 0 Å². The Morgan fingerprint density at radius 2 is 1.70 bits per heavy atom. The van der Waals surface area contributed by atoms with Crippen LogP contribution in [0.2, 0.25) is 0 Å². The van der Waals surface area contributed by atoms with Crippen molar-refractivity contribution in [1.29, 1.82) is 0 Å². The van der Waals surface area contributed by atoms with E-state index in [4.69, 9.17) is 9.47 Å². The number of rotatable bonds is 5. The zero-order chi connectivity index (χ0) is 14.5. The summed E-state index contributed by atoms with van der Waals surface area (Å²) < 4.78 is 11.8. The van der Waals surface area contributed by atoms with Crippen LogP contribution in [-0.4, -0.2) is 14.2 Å². The Hall–Kier alpha value is -1.43. The molecule has 0 saturated carbocycles. The predicted octanol–water partition coefficient (Wildman–Crippen LogP) is 4.48. The molecule has 0 aliphatic heterocycles. The molecule has 0 saturated heterocycles. The molecule has 3 nitrogen and oxygen atoms in total. The SMILES string of the molecule is COc1ccc(C(C)Nc2ccccc2I)cc1OC. The molecule has 0 heterocycles. The highest BCUT2D eigenvalue weighted by atomic mass is 127. The van der Waals surface area contributed by atoms with Crippen molar-refractivity contribution >= 4 is 28.3 Å². The summed E-state index contributed by atoms with van der Waals surface area (Å²) in [5.74, 6) is 1.50. The summed E-state index contributed by atoms with van der Waals surface area (Å²) in [7, 11) is 3.30. The highest BCUT2D eigenvalue weighted by Gasteiger charge is 2.11. The van der Waals surface area contributed by atoms with Crippen LogP contribution in [0.5, 0.6) is 11.5 Å². The van der Waals surface area contributed by atoms with Crippen LogP contribution in [0.4, 0.5) is 5.69 Å². The molecule has 1 atom stereocenters. The van der Waals surface area contributed by atoms with Crippen LogP contribution in [0.15, 0.2) is 42.5 Å². The molecule has 0 spiro atoms. The Kier molecular flexibility index (Phi) is 5.11. The fourth-order valence-electron chi connectivity index (χ4n) is 2.02.